The van der Waals surface area contributed by atoms with Crippen LogP contribution in [-0.4, -0.2) is 40.8 Å². The van der Waals surface area contributed by atoms with E-state index in [2.05, 4.69) is 22.8 Å². The Hall–Kier alpha value is -4.33. The van der Waals surface area contributed by atoms with Gasteiger partial charge in [0.1, 0.15) is 17.9 Å². The highest BCUT2D eigenvalue weighted by molar-refractivity contribution is 5.95. The first kappa shape index (κ1) is 22.8. The lowest BCUT2D eigenvalue weighted by Gasteiger charge is -2.17. The molecular formula is C26H24N2O6. The molecule has 4 N–H and O–H groups in total. The van der Waals surface area contributed by atoms with E-state index >= 15 is 0 Å². The van der Waals surface area contributed by atoms with E-state index in [0.717, 1.165) is 22.3 Å². The van der Waals surface area contributed by atoms with Gasteiger partial charge in [0.25, 0.3) is 0 Å². The van der Waals surface area contributed by atoms with Gasteiger partial charge in [-0.15, -0.1) is 0 Å². The molecule has 4 rings (SSSR count). The van der Waals surface area contributed by atoms with Gasteiger partial charge in [0.05, 0.1) is 0 Å². The molecule has 1 aliphatic carbocycles. The second-order valence-electron chi connectivity index (χ2n) is 8.16. The van der Waals surface area contributed by atoms with Crippen molar-refractivity contribution in [2.45, 2.75) is 25.3 Å². The standard InChI is InChI=1S/C26H24N2O6/c1-15(12-24(30)28-16-10-11-23(29)21(13-16)25(31)32)27-26(33)34-14-22-19-8-4-2-6-17(19)18-7-3-5-9-20(18)22/h2-11,13,15,22,29H,12,14H2,1H3,(H,27,33)(H,28,30)(H,31,32)/t15-/m0/s1. The molecule has 1 aliphatic rings. The highest BCUT2D eigenvalue weighted by Crippen LogP contribution is 2.44. The van der Waals surface area contributed by atoms with E-state index < -0.39 is 29.8 Å². The summed E-state index contributed by atoms with van der Waals surface area (Å²) in [6.45, 7) is 1.84. The van der Waals surface area contributed by atoms with E-state index in [4.69, 9.17) is 9.84 Å². The zero-order chi connectivity index (χ0) is 24.2. The second kappa shape index (κ2) is 9.66. The van der Waals surface area contributed by atoms with Crippen molar-refractivity contribution in [3.63, 3.8) is 0 Å². The van der Waals surface area contributed by atoms with E-state index in [-0.39, 0.29) is 30.2 Å². The molecule has 0 radical (unpaired) electrons. The highest BCUT2D eigenvalue weighted by Gasteiger charge is 2.29. The van der Waals surface area contributed by atoms with Crippen molar-refractivity contribution in [3.8, 4) is 16.9 Å². The molecule has 8 heteroatoms. The predicted octanol–water partition coefficient (Wildman–Crippen LogP) is 4.35. The number of hydrogen-bond acceptors (Lipinski definition) is 5. The Morgan fingerprint density at radius 3 is 2.21 bits per heavy atom. The number of phenols is 1. The minimum Gasteiger partial charge on any atom is -0.507 e. The summed E-state index contributed by atoms with van der Waals surface area (Å²) in [7, 11) is 0. The summed E-state index contributed by atoms with van der Waals surface area (Å²) in [5.41, 5.74) is 4.41. The maximum Gasteiger partial charge on any atom is 0.407 e. The number of hydrogen-bond donors (Lipinski definition) is 4. The second-order valence-corrected chi connectivity index (χ2v) is 8.16. The number of aromatic hydroxyl groups is 1. The normalized spacial score (nSPS) is 12.9. The van der Waals surface area contributed by atoms with E-state index in [9.17, 15) is 19.5 Å². The predicted molar refractivity (Wildman–Crippen MR) is 126 cm³/mol. The van der Waals surface area contributed by atoms with Crippen LogP contribution in [0.5, 0.6) is 5.75 Å². The minimum atomic E-state index is -1.31. The maximum atomic E-state index is 12.4. The summed E-state index contributed by atoms with van der Waals surface area (Å²) < 4.78 is 5.49. The molecule has 0 spiro atoms. The SMILES string of the molecule is C[C@@H](CC(=O)Nc1ccc(O)c(C(=O)O)c1)NC(=O)OCC1c2ccccc2-c2ccccc21. The summed E-state index contributed by atoms with van der Waals surface area (Å²) >= 11 is 0. The molecule has 3 aromatic rings. The molecule has 0 unspecified atom stereocenters. The van der Waals surface area contributed by atoms with Crippen molar-refractivity contribution in [1.29, 1.82) is 0 Å². The van der Waals surface area contributed by atoms with Gasteiger partial charge in [-0.1, -0.05) is 48.5 Å². The topological polar surface area (TPSA) is 125 Å². The molecule has 0 saturated heterocycles. The summed E-state index contributed by atoms with van der Waals surface area (Å²) in [6.07, 6.45) is -0.673. The van der Waals surface area contributed by atoms with Crippen LogP contribution in [0.15, 0.2) is 66.7 Å². The number of alkyl carbamates (subject to hydrolysis) is 1. The van der Waals surface area contributed by atoms with Crippen molar-refractivity contribution in [2.24, 2.45) is 0 Å². The fourth-order valence-corrected chi connectivity index (χ4v) is 4.17. The minimum absolute atomic E-state index is 0.0481. The Balaban J connectivity index is 1.30. The lowest BCUT2D eigenvalue weighted by Crippen LogP contribution is -2.36. The number of ether oxygens (including phenoxy) is 1. The number of anilines is 1. The molecule has 0 bridgehead atoms. The Kier molecular flexibility index (Phi) is 6.49. The van der Waals surface area contributed by atoms with Crippen molar-refractivity contribution >= 4 is 23.7 Å². The molecular weight excluding hydrogens is 436 g/mol. The molecule has 1 atom stereocenters. The first-order valence-electron chi connectivity index (χ1n) is 10.8. The number of carbonyl (C=O) groups excluding carboxylic acids is 2. The lowest BCUT2D eigenvalue weighted by atomic mass is 9.98. The molecule has 34 heavy (non-hydrogen) atoms. The molecule has 0 fully saturated rings. The number of amides is 2. The van der Waals surface area contributed by atoms with Crippen LogP contribution >= 0.6 is 0 Å². The summed E-state index contributed by atoms with van der Waals surface area (Å²) in [6, 6.07) is 19.3. The zero-order valence-electron chi connectivity index (χ0n) is 18.4. The van der Waals surface area contributed by atoms with Crippen molar-refractivity contribution in [2.75, 3.05) is 11.9 Å². The van der Waals surface area contributed by atoms with Crippen LogP contribution < -0.4 is 10.6 Å². The van der Waals surface area contributed by atoms with Gasteiger partial charge in [-0.2, -0.15) is 0 Å². The van der Waals surface area contributed by atoms with Gasteiger partial charge in [-0.05, 0) is 47.4 Å². The molecule has 0 heterocycles. The van der Waals surface area contributed by atoms with E-state index in [1.165, 1.54) is 18.2 Å². The van der Waals surface area contributed by atoms with Gasteiger partial charge < -0.3 is 25.6 Å². The Morgan fingerprint density at radius 2 is 1.59 bits per heavy atom. The van der Waals surface area contributed by atoms with Crippen LogP contribution in [0.1, 0.15) is 40.7 Å². The van der Waals surface area contributed by atoms with Crippen LogP contribution in [0.25, 0.3) is 11.1 Å². The van der Waals surface area contributed by atoms with Crippen LogP contribution in [0.2, 0.25) is 0 Å². The van der Waals surface area contributed by atoms with Gasteiger partial charge in [0.2, 0.25) is 5.91 Å². The zero-order valence-corrected chi connectivity index (χ0v) is 18.4. The third-order valence-electron chi connectivity index (χ3n) is 5.71. The van der Waals surface area contributed by atoms with Gasteiger partial charge >= 0.3 is 12.1 Å². The largest absolute Gasteiger partial charge is 0.507 e. The van der Waals surface area contributed by atoms with Crippen LogP contribution in [0.3, 0.4) is 0 Å². The number of fused-ring (bicyclic) bond motifs is 3. The van der Waals surface area contributed by atoms with E-state index in [1.54, 1.807) is 6.92 Å². The maximum absolute atomic E-state index is 12.4. The molecule has 3 aromatic carbocycles. The summed E-state index contributed by atoms with van der Waals surface area (Å²) in [4.78, 5) is 35.8. The number of benzene rings is 3. The first-order valence-corrected chi connectivity index (χ1v) is 10.8. The van der Waals surface area contributed by atoms with Crippen LogP contribution in [0.4, 0.5) is 10.5 Å². The Bertz CT molecular complexity index is 1210. The number of rotatable bonds is 7. The molecule has 0 aliphatic heterocycles. The molecule has 8 nitrogen and oxygen atoms in total. The number of carboxylic acids is 1. The van der Waals surface area contributed by atoms with Gasteiger partial charge in [0, 0.05) is 24.1 Å². The third-order valence-corrected chi connectivity index (χ3v) is 5.71. The lowest BCUT2D eigenvalue weighted by molar-refractivity contribution is -0.116. The summed E-state index contributed by atoms with van der Waals surface area (Å²) in [5, 5.41) is 23.9. The van der Waals surface area contributed by atoms with Gasteiger partial charge in [-0.3, -0.25) is 4.79 Å². The monoisotopic (exact) mass is 460 g/mol. The van der Waals surface area contributed by atoms with Gasteiger partial charge in [-0.25, -0.2) is 9.59 Å². The molecule has 0 saturated carbocycles. The Morgan fingerprint density at radius 1 is 0.971 bits per heavy atom. The fraction of sp³-hybridized carbons (Fsp3) is 0.192. The van der Waals surface area contributed by atoms with Crippen LogP contribution in [0, 0.1) is 0 Å². The van der Waals surface area contributed by atoms with Crippen LogP contribution in [-0.2, 0) is 9.53 Å². The quantitative estimate of drug-likeness (QED) is 0.389. The Labute approximate surface area is 196 Å². The first-order chi connectivity index (χ1) is 16.3. The van der Waals surface area contributed by atoms with Crippen molar-refractivity contribution in [3.05, 3.63) is 83.4 Å². The fourth-order valence-electron chi connectivity index (χ4n) is 4.17. The number of aromatic carboxylic acids is 1. The van der Waals surface area contributed by atoms with Gasteiger partial charge in [0.15, 0.2) is 0 Å². The number of carbonyl (C=O) groups is 3. The molecule has 174 valence electrons. The van der Waals surface area contributed by atoms with E-state index in [1.807, 2.05) is 36.4 Å². The van der Waals surface area contributed by atoms with Crippen molar-refractivity contribution < 1.29 is 29.3 Å². The number of carboxylic acid groups (broad SMARTS) is 1. The molecule has 0 aromatic heterocycles. The average Bonchev–Trinajstić information content (AvgIpc) is 3.12. The van der Waals surface area contributed by atoms with E-state index in [0.29, 0.717) is 0 Å². The third kappa shape index (κ3) is 4.85. The average molecular weight is 460 g/mol. The smallest absolute Gasteiger partial charge is 0.407 e. The van der Waals surface area contributed by atoms with Crippen molar-refractivity contribution in [1.82, 2.24) is 5.32 Å². The summed E-state index contributed by atoms with van der Waals surface area (Å²) in [5.74, 6) is -2.18. The number of nitrogens with one attached hydrogen (secondary N) is 2. The molecule has 2 amide bonds. The highest BCUT2D eigenvalue weighted by atomic mass is 16.5.